The fraction of sp³-hybridized carbons (Fsp3) is 0.200. The van der Waals surface area contributed by atoms with Crippen LogP contribution in [0.15, 0.2) is 24.3 Å². The largest absolute Gasteiger partial charge is 0.497 e. The molecular formula is C10H9ClN2OS. The summed E-state index contributed by atoms with van der Waals surface area (Å²) in [4.78, 5) is 0. The van der Waals surface area contributed by atoms with Crippen molar-refractivity contribution in [1.29, 1.82) is 0 Å². The lowest BCUT2D eigenvalue weighted by atomic mass is 10.2. The van der Waals surface area contributed by atoms with Gasteiger partial charge in [-0.1, -0.05) is 23.5 Å². The molecule has 0 aliphatic rings. The van der Waals surface area contributed by atoms with Gasteiger partial charge in [-0.3, -0.25) is 0 Å². The first kappa shape index (κ1) is 10.4. The highest BCUT2D eigenvalue weighted by molar-refractivity contribution is 7.14. The third kappa shape index (κ3) is 2.27. The number of benzene rings is 1. The van der Waals surface area contributed by atoms with Crippen LogP contribution < -0.4 is 4.74 Å². The molecule has 2 aromatic rings. The second-order valence-corrected chi connectivity index (χ2v) is 4.20. The minimum Gasteiger partial charge on any atom is -0.497 e. The minimum absolute atomic E-state index is 0.404. The van der Waals surface area contributed by atoms with Crippen LogP contribution in [0.1, 0.15) is 5.01 Å². The average molecular weight is 241 g/mol. The highest BCUT2D eigenvalue weighted by Gasteiger charge is 2.06. The maximum Gasteiger partial charge on any atom is 0.147 e. The number of rotatable bonds is 3. The Kier molecular flexibility index (Phi) is 3.18. The zero-order chi connectivity index (χ0) is 10.7. The van der Waals surface area contributed by atoms with Crippen LogP contribution in [0.3, 0.4) is 0 Å². The predicted octanol–water partition coefficient (Wildman–Crippen LogP) is 2.95. The summed E-state index contributed by atoms with van der Waals surface area (Å²) in [6.07, 6.45) is 0. The normalized spacial score (nSPS) is 10.3. The maximum absolute atomic E-state index is 5.67. The van der Waals surface area contributed by atoms with Crippen LogP contribution in [0.2, 0.25) is 0 Å². The van der Waals surface area contributed by atoms with E-state index in [1.807, 2.05) is 24.3 Å². The quantitative estimate of drug-likeness (QED) is 0.774. The molecule has 0 spiro atoms. The van der Waals surface area contributed by atoms with Crippen molar-refractivity contribution in [2.45, 2.75) is 5.88 Å². The number of ether oxygens (including phenoxy) is 1. The van der Waals surface area contributed by atoms with Gasteiger partial charge in [-0.15, -0.1) is 21.8 Å². The molecule has 5 heteroatoms. The van der Waals surface area contributed by atoms with Crippen molar-refractivity contribution in [2.24, 2.45) is 0 Å². The van der Waals surface area contributed by atoms with E-state index in [2.05, 4.69) is 10.2 Å². The first-order chi connectivity index (χ1) is 7.33. The van der Waals surface area contributed by atoms with Crippen LogP contribution in [-0.2, 0) is 5.88 Å². The Morgan fingerprint density at radius 2 is 2.27 bits per heavy atom. The van der Waals surface area contributed by atoms with Crippen molar-refractivity contribution in [2.75, 3.05) is 7.11 Å². The molecule has 78 valence electrons. The Bertz CT molecular complexity index is 458. The van der Waals surface area contributed by atoms with E-state index in [1.54, 1.807) is 7.11 Å². The highest BCUT2D eigenvalue weighted by Crippen LogP contribution is 2.26. The number of halogens is 1. The standard InChI is InChI=1S/C10H9ClN2OS/c1-14-8-4-2-3-7(5-8)10-13-12-9(6-11)15-10/h2-5H,6H2,1H3. The van der Waals surface area contributed by atoms with Gasteiger partial charge < -0.3 is 4.74 Å². The van der Waals surface area contributed by atoms with E-state index in [0.29, 0.717) is 5.88 Å². The Morgan fingerprint density at radius 3 is 2.93 bits per heavy atom. The lowest BCUT2D eigenvalue weighted by Crippen LogP contribution is -1.83. The topological polar surface area (TPSA) is 35.0 Å². The molecule has 0 aliphatic carbocycles. The Morgan fingerprint density at radius 1 is 1.40 bits per heavy atom. The SMILES string of the molecule is COc1cccc(-c2nnc(CCl)s2)c1. The molecule has 3 nitrogen and oxygen atoms in total. The van der Waals surface area contributed by atoms with Gasteiger partial charge in [0.1, 0.15) is 15.8 Å². The van der Waals surface area contributed by atoms with Gasteiger partial charge in [-0.25, -0.2) is 0 Å². The van der Waals surface area contributed by atoms with Crippen molar-refractivity contribution >= 4 is 22.9 Å². The second-order valence-electron chi connectivity index (χ2n) is 2.87. The van der Waals surface area contributed by atoms with E-state index < -0.39 is 0 Å². The summed E-state index contributed by atoms with van der Waals surface area (Å²) in [5.41, 5.74) is 1.00. The average Bonchev–Trinajstić information content (AvgIpc) is 2.78. The molecule has 0 unspecified atom stereocenters. The molecule has 0 bridgehead atoms. The molecule has 0 N–H and O–H groups in total. The summed E-state index contributed by atoms with van der Waals surface area (Å²) in [5.74, 6) is 1.22. The molecule has 0 saturated carbocycles. The second kappa shape index (κ2) is 4.59. The van der Waals surface area contributed by atoms with E-state index in [-0.39, 0.29) is 0 Å². The van der Waals surface area contributed by atoms with Crippen molar-refractivity contribution in [1.82, 2.24) is 10.2 Å². The zero-order valence-electron chi connectivity index (χ0n) is 8.11. The highest BCUT2D eigenvalue weighted by atomic mass is 35.5. The van der Waals surface area contributed by atoms with Gasteiger partial charge in [0.05, 0.1) is 13.0 Å². The Balaban J connectivity index is 2.35. The number of alkyl halides is 1. The minimum atomic E-state index is 0.404. The van der Waals surface area contributed by atoms with Crippen LogP contribution in [0, 0.1) is 0 Å². The number of nitrogens with zero attached hydrogens (tertiary/aromatic N) is 2. The van der Waals surface area contributed by atoms with Gasteiger partial charge in [0.2, 0.25) is 0 Å². The fourth-order valence-electron chi connectivity index (χ4n) is 1.18. The van der Waals surface area contributed by atoms with Crippen molar-refractivity contribution in [3.63, 3.8) is 0 Å². The Hall–Kier alpha value is -1.13. The molecular weight excluding hydrogens is 232 g/mol. The predicted molar refractivity (Wildman–Crippen MR) is 61.5 cm³/mol. The number of aromatic nitrogens is 2. The smallest absolute Gasteiger partial charge is 0.147 e. The van der Waals surface area contributed by atoms with Crippen LogP contribution in [0.25, 0.3) is 10.6 Å². The van der Waals surface area contributed by atoms with E-state index in [9.17, 15) is 0 Å². The summed E-state index contributed by atoms with van der Waals surface area (Å²) in [6.45, 7) is 0. The molecule has 1 aromatic heterocycles. The summed E-state index contributed by atoms with van der Waals surface area (Å²) >= 11 is 7.16. The van der Waals surface area contributed by atoms with Crippen LogP contribution in [0.4, 0.5) is 0 Å². The van der Waals surface area contributed by atoms with Gasteiger partial charge in [0.25, 0.3) is 0 Å². The first-order valence-electron chi connectivity index (χ1n) is 4.36. The van der Waals surface area contributed by atoms with Gasteiger partial charge in [0.15, 0.2) is 0 Å². The zero-order valence-corrected chi connectivity index (χ0v) is 9.68. The van der Waals surface area contributed by atoms with E-state index in [0.717, 1.165) is 21.3 Å². The summed E-state index contributed by atoms with van der Waals surface area (Å²) < 4.78 is 5.14. The van der Waals surface area contributed by atoms with Gasteiger partial charge >= 0.3 is 0 Å². The summed E-state index contributed by atoms with van der Waals surface area (Å²) in [5, 5.41) is 9.72. The maximum atomic E-state index is 5.67. The number of hydrogen-bond acceptors (Lipinski definition) is 4. The molecule has 0 radical (unpaired) electrons. The lowest BCUT2D eigenvalue weighted by Gasteiger charge is -2.00. The van der Waals surface area contributed by atoms with E-state index >= 15 is 0 Å². The molecule has 0 amide bonds. The molecule has 1 heterocycles. The third-order valence-corrected chi connectivity index (χ3v) is 3.28. The molecule has 0 atom stereocenters. The number of hydrogen-bond donors (Lipinski definition) is 0. The molecule has 2 rings (SSSR count). The lowest BCUT2D eigenvalue weighted by molar-refractivity contribution is 0.415. The fourth-order valence-corrected chi connectivity index (χ4v) is 2.08. The summed E-state index contributed by atoms with van der Waals surface area (Å²) in [7, 11) is 1.64. The molecule has 0 saturated heterocycles. The molecule has 0 fully saturated rings. The summed E-state index contributed by atoms with van der Waals surface area (Å²) in [6, 6.07) is 7.72. The third-order valence-electron chi connectivity index (χ3n) is 1.90. The van der Waals surface area contributed by atoms with Gasteiger partial charge in [-0.2, -0.15) is 0 Å². The molecule has 1 aromatic carbocycles. The van der Waals surface area contributed by atoms with Crippen LogP contribution in [0.5, 0.6) is 5.75 Å². The first-order valence-corrected chi connectivity index (χ1v) is 5.71. The van der Waals surface area contributed by atoms with Crippen molar-refractivity contribution < 1.29 is 4.74 Å². The van der Waals surface area contributed by atoms with Crippen molar-refractivity contribution in [3.8, 4) is 16.3 Å². The van der Waals surface area contributed by atoms with E-state index in [4.69, 9.17) is 16.3 Å². The molecule has 15 heavy (non-hydrogen) atoms. The Labute approximate surface area is 96.7 Å². The number of methoxy groups -OCH3 is 1. The van der Waals surface area contributed by atoms with Gasteiger partial charge in [0, 0.05) is 5.56 Å². The van der Waals surface area contributed by atoms with Crippen LogP contribution in [-0.4, -0.2) is 17.3 Å². The molecule has 0 aliphatic heterocycles. The monoisotopic (exact) mass is 240 g/mol. The van der Waals surface area contributed by atoms with E-state index in [1.165, 1.54) is 11.3 Å². The van der Waals surface area contributed by atoms with Crippen LogP contribution >= 0.6 is 22.9 Å². The van der Waals surface area contributed by atoms with Gasteiger partial charge in [-0.05, 0) is 12.1 Å². The van der Waals surface area contributed by atoms with Crippen molar-refractivity contribution in [3.05, 3.63) is 29.3 Å².